The molecule has 1 N–H and O–H groups in total. The van der Waals surface area contributed by atoms with Gasteiger partial charge in [-0.2, -0.15) is 4.72 Å². The maximum absolute atomic E-state index is 12.8. The number of benzene rings is 1. The van der Waals surface area contributed by atoms with Gasteiger partial charge in [-0.25, -0.2) is 18.2 Å². The molecule has 0 saturated heterocycles. The first kappa shape index (κ1) is 26.0. The van der Waals surface area contributed by atoms with Gasteiger partial charge in [-0.05, 0) is 59.2 Å². The van der Waals surface area contributed by atoms with Crippen LogP contribution in [0.3, 0.4) is 0 Å². The number of hydrogen-bond donors (Lipinski definition) is 1. The van der Waals surface area contributed by atoms with Gasteiger partial charge in [-0.3, -0.25) is 9.59 Å². The predicted octanol–water partition coefficient (Wildman–Crippen LogP) is 2.48. The molecule has 0 bridgehead atoms. The summed E-state index contributed by atoms with van der Waals surface area (Å²) in [6, 6.07) is 4.36. The minimum absolute atomic E-state index is 0.0820. The van der Waals surface area contributed by atoms with Crippen LogP contribution in [0.2, 0.25) is 0 Å². The van der Waals surface area contributed by atoms with Crippen LogP contribution < -0.4 is 4.72 Å². The highest BCUT2D eigenvalue weighted by molar-refractivity contribution is 7.89. The highest BCUT2D eigenvalue weighted by Gasteiger charge is 2.33. The first-order valence-corrected chi connectivity index (χ1v) is 10.8. The molecule has 1 aromatic rings. The summed E-state index contributed by atoms with van der Waals surface area (Å²) in [5.41, 5.74) is -0.958. The van der Waals surface area contributed by atoms with Crippen molar-refractivity contribution in [1.82, 2.24) is 4.72 Å². The molecule has 170 valence electrons. The first-order chi connectivity index (χ1) is 13.6. The summed E-state index contributed by atoms with van der Waals surface area (Å²) in [4.78, 5) is 34.0. The summed E-state index contributed by atoms with van der Waals surface area (Å²) < 4.78 is 38.3. The van der Waals surface area contributed by atoms with Crippen molar-refractivity contribution in [3.05, 3.63) is 29.8 Å². The Labute approximate surface area is 178 Å². The summed E-state index contributed by atoms with van der Waals surface area (Å²) in [6.07, 6.45) is -0.509. The second kappa shape index (κ2) is 10.3. The van der Waals surface area contributed by atoms with Crippen LogP contribution in [-0.4, -0.2) is 44.7 Å². The Morgan fingerprint density at radius 1 is 0.967 bits per heavy atom. The van der Waals surface area contributed by atoms with Gasteiger partial charge in [0.2, 0.25) is 10.0 Å². The maximum Gasteiger partial charge on any atom is 0.325 e. The largest absolute Gasteiger partial charge is 0.460 e. The fraction of sp³-hybridized carbons (Fsp3) is 0.600. The third-order valence-corrected chi connectivity index (χ3v) is 4.84. The molecule has 0 aliphatic carbocycles. The Bertz CT molecular complexity index is 820. The lowest BCUT2D eigenvalue weighted by Gasteiger charge is -2.25. The number of carbonyl (C=O) groups excluding carboxylic acids is 2. The molecule has 0 aromatic heterocycles. The molecule has 0 heterocycles. The van der Waals surface area contributed by atoms with Crippen molar-refractivity contribution in [2.24, 2.45) is 0 Å². The van der Waals surface area contributed by atoms with Gasteiger partial charge in [-0.1, -0.05) is 12.1 Å². The Balaban J connectivity index is 3.05. The second-order valence-electron chi connectivity index (χ2n) is 8.57. The maximum atomic E-state index is 12.8. The topological polar surface area (TPSA) is 117 Å². The van der Waals surface area contributed by atoms with Crippen molar-refractivity contribution in [3.63, 3.8) is 0 Å². The van der Waals surface area contributed by atoms with Gasteiger partial charge in [0.25, 0.3) is 0 Å². The minimum atomic E-state index is -4.12. The minimum Gasteiger partial charge on any atom is -0.460 e. The molecule has 0 fully saturated rings. The standard InChI is InChI=1S/C20H31NO8S/c1-19(2,3)28-17(22)12-16(18(23)29-20(4,5)6)21-30(24,25)15-10-8-14(9-11-15)13-27-26-7/h8-11,16,21H,12-13H2,1-7H3/t16-/m0/s1. The zero-order chi connectivity index (χ0) is 23.2. The quantitative estimate of drug-likeness (QED) is 0.350. The number of ether oxygens (including phenoxy) is 2. The summed E-state index contributed by atoms with van der Waals surface area (Å²) in [5.74, 6) is -1.60. The van der Waals surface area contributed by atoms with Crippen molar-refractivity contribution in [3.8, 4) is 0 Å². The van der Waals surface area contributed by atoms with Crippen molar-refractivity contribution in [2.75, 3.05) is 7.11 Å². The molecular formula is C20H31NO8S. The highest BCUT2D eigenvalue weighted by Crippen LogP contribution is 2.17. The van der Waals surface area contributed by atoms with Crippen LogP contribution in [0.15, 0.2) is 29.2 Å². The summed E-state index contributed by atoms with van der Waals surface area (Å²) in [6.45, 7) is 10.1. The molecule has 1 atom stereocenters. The zero-order valence-electron chi connectivity index (χ0n) is 18.5. The van der Waals surface area contributed by atoms with Gasteiger partial charge in [0, 0.05) is 0 Å². The van der Waals surface area contributed by atoms with E-state index in [0.29, 0.717) is 5.56 Å². The monoisotopic (exact) mass is 445 g/mol. The van der Waals surface area contributed by atoms with Gasteiger partial charge in [0.05, 0.1) is 18.4 Å². The number of carbonyl (C=O) groups is 2. The SMILES string of the molecule is COOCc1ccc(S(=O)(=O)N[C@@H](CC(=O)OC(C)(C)C)C(=O)OC(C)(C)C)cc1. The lowest BCUT2D eigenvalue weighted by Crippen LogP contribution is -2.46. The van der Waals surface area contributed by atoms with Crippen LogP contribution in [0.1, 0.15) is 53.5 Å². The van der Waals surface area contributed by atoms with Gasteiger partial charge in [-0.15, -0.1) is 0 Å². The molecule has 0 amide bonds. The normalized spacial score (nSPS) is 13.6. The van der Waals surface area contributed by atoms with Gasteiger partial charge in [0.1, 0.15) is 23.9 Å². The van der Waals surface area contributed by atoms with Crippen molar-refractivity contribution < 1.29 is 37.3 Å². The fourth-order valence-electron chi connectivity index (χ4n) is 2.24. The smallest absolute Gasteiger partial charge is 0.325 e. The average Bonchev–Trinajstić information content (AvgIpc) is 2.56. The van der Waals surface area contributed by atoms with E-state index >= 15 is 0 Å². The lowest BCUT2D eigenvalue weighted by molar-refractivity contribution is -0.282. The van der Waals surface area contributed by atoms with E-state index in [1.165, 1.54) is 19.2 Å². The Kier molecular flexibility index (Phi) is 8.97. The van der Waals surface area contributed by atoms with E-state index in [0.717, 1.165) is 0 Å². The molecule has 0 saturated carbocycles. The van der Waals surface area contributed by atoms with Crippen molar-refractivity contribution in [2.45, 2.75) is 76.7 Å². The Morgan fingerprint density at radius 3 is 1.97 bits per heavy atom. The van der Waals surface area contributed by atoms with E-state index in [4.69, 9.17) is 14.4 Å². The van der Waals surface area contributed by atoms with E-state index in [-0.39, 0.29) is 11.5 Å². The number of sulfonamides is 1. The van der Waals surface area contributed by atoms with E-state index in [1.807, 2.05) is 0 Å². The molecule has 0 radical (unpaired) electrons. The van der Waals surface area contributed by atoms with E-state index < -0.39 is 45.6 Å². The highest BCUT2D eigenvalue weighted by atomic mass is 32.2. The molecule has 1 aromatic carbocycles. The van der Waals surface area contributed by atoms with Crippen LogP contribution in [0.5, 0.6) is 0 Å². The van der Waals surface area contributed by atoms with Crippen LogP contribution >= 0.6 is 0 Å². The molecule has 10 heteroatoms. The summed E-state index contributed by atoms with van der Waals surface area (Å²) >= 11 is 0. The molecular weight excluding hydrogens is 414 g/mol. The Hall–Kier alpha value is -2.01. The van der Waals surface area contributed by atoms with E-state index in [1.54, 1.807) is 53.7 Å². The van der Waals surface area contributed by atoms with Crippen molar-refractivity contribution in [1.29, 1.82) is 0 Å². The average molecular weight is 446 g/mol. The molecule has 0 aliphatic rings. The number of rotatable bonds is 9. The van der Waals surface area contributed by atoms with Gasteiger partial charge in [0.15, 0.2) is 0 Å². The van der Waals surface area contributed by atoms with Gasteiger partial charge >= 0.3 is 11.9 Å². The third-order valence-electron chi connectivity index (χ3n) is 3.36. The van der Waals surface area contributed by atoms with E-state index in [9.17, 15) is 18.0 Å². The summed E-state index contributed by atoms with van der Waals surface area (Å²) in [5, 5.41) is 0. The Morgan fingerprint density at radius 2 is 1.50 bits per heavy atom. The zero-order valence-corrected chi connectivity index (χ0v) is 19.3. The van der Waals surface area contributed by atoms with Crippen LogP contribution in [0.25, 0.3) is 0 Å². The molecule has 30 heavy (non-hydrogen) atoms. The van der Waals surface area contributed by atoms with Gasteiger partial charge < -0.3 is 9.47 Å². The lowest BCUT2D eigenvalue weighted by atomic mass is 10.1. The van der Waals surface area contributed by atoms with Crippen LogP contribution in [-0.2, 0) is 45.5 Å². The number of nitrogens with one attached hydrogen (secondary N) is 1. The molecule has 0 unspecified atom stereocenters. The third kappa shape index (κ3) is 9.66. The van der Waals surface area contributed by atoms with Crippen LogP contribution in [0, 0.1) is 0 Å². The number of esters is 2. The van der Waals surface area contributed by atoms with E-state index in [2.05, 4.69) is 9.61 Å². The fourth-order valence-corrected chi connectivity index (χ4v) is 3.43. The molecule has 0 spiro atoms. The predicted molar refractivity (Wildman–Crippen MR) is 109 cm³/mol. The van der Waals surface area contributed by atoms with Crippen LogP contribution in [0.4, 0.5) is 0 Å². The molecule has 9 nitrogen and oxygen atoms in total. The summed E-state index contributed by atoms with van der Waals surface area (Å²) in [7, 11) is -2.75. The molecule has 0 aliphatic heterocycles. The molecule has 1 rings (SSSR count). The van der Waals surface area contributed by atoms with Crippen molar-refractivity contribution >= 4 is 22.0 Å². The second-order valence-corrected chi connectivity index (χ2v) is 10.3. The first-order valence-electron chi connectivity index (χ1n) is 9.34. The number of hydrogen-bond acceptors (Lipinski definition) is 8.